The smallest absolute Gasteiger partial charge is 0.224 e. The minimum absolute atomic E-state index is 0.542. The topological polar surface area (TPSA) is 55.6 Å². The highest BCUT2D eigenvalue weighted by Gasteiger charge is 2.04. The molecule has 2 aromatic heterocycles. The molecule has 0 radical (unpaired) electrons. The molecule has 3 aromatic rings. The molecule has 0 aliphatic carbocycles. The maximum absolute atomic E-state index is 6.13. The molecule has 3 rings (SSSR count). The number of rotatable bonds is 4. The molecule has 0 unspecified atom stereocenters. The summed E-state index contributed by atoms with van der Waals surface area (Å²) in [7, 11) is 0. The van der Waals surface area contributed by atoms with Crippen LogP contribution in [0.25, 0.3) is 5.82 Å². The lowest BCUT2D eigenvalue weighted by Crippen LogP contribution is -2.07. The number of benzene rings is 1. The van der Waals surface area contributed by atoms with Crippen molar-refractivity contribution in [2.24, 2.45) is 0 Å². The summed E-state index contributed by atoms with van der Waals surface area (Å²) in [5, 5.41) is 8.23. The van der Waals surface area contributed by atoms with E-state index in [1.54, 1.807) is 10.9 Å². The summed E-state index contributed by atoms with van der Waals surface area (Å²) >= 11 is 6.13. The van der Waals surface area contributed by atoms with E-state index in [9.17, 15) is 0 Å². The van der Waals surface area contributed by atoms with Crippen molar-refractivity contribution in [3.05, 3.63) is 65.1 Å². The van der Waals surface area contributed by atoms with E-state index < -0.39 is 0 Å². The molecule has 0 saturated heterocycles. The molecule has 0 aliphatic heterocycles. The summed E-state index contributed by atoms with van der Waals surface area (Å²) in [4.78, 5) is 8.65. The van der Waals surface area contributed by atoms with Gasteiger partial charge in [-0.25, -0.2) is 9.67 Å². The molecule has 21 heavy (non-hydrogen) atoms. The van der Waals surface area contributed by atoms with Crippen LogP contribution in [0.3, 0.4) is 0 Å². The third-order valence-electron chi connectivity index (χ3n) is 2.99. The molecular formula is C15H14ClN5. The van der Waals surface area contributed by atoms with Crippen molar-refractivity contribution in [3.8, 4) is 5.82 Å². The van der Waals surface area contributed by atoms with Crippen LogP contribution < -0.4 is 5.32 Å². The standard InChI is InChI=1S/C15H14ClN5/c1-11-7-9-21(20-11)14-6-8-17-15(19-14)18-10-12-4-2-3-5-13(12)16/h2-9H,10H2,1H3,(H,17,18,19). The van der Waals surface area contributed by atoms with Gasteiger partial charge < -0.3 is 5.32 Å². The predicted octanol–water partition coefficient (Wildman–Crippen LogP) is 3.24. The van der Waals surface area contributed by atoms with Crippen molar-refractivity contribution in [2.75, 3.05) is 5.32 Å². The molecule has 0 aliphatic rings. The molecule has 0 saturated carbocycles. The summed E-state index contributed by atoms with van der Waals surface area (Å²) in [6.45, 7) is 2.51. The Morgan fingerprint density at radius 3 is 2.81 bits per heavy atom. The molecule has 2 heterocycles. The van der Waals surface area contributed by atoms with Crippen LogP contribution in [0.4, 0.5) is 5.95 Å². The SMILES string of the molecule is Cc1ccn(-c2ccnc(NCc3ccccc3Cl)n2)n1. The average molecular weight is 300 g/mol. The number of nitrogens with one attached hydrogen (secondary N) is 1. The van der Waals surface area contributed by atoms with Gasteiger partial charge in [0.2, 0.25) is 5.95 Å². The molecule has 0 fully saturated rings. The number of nitrogens with zero attached hydrogens (tertiary/aromatic N) is 4. The lowest BCUT2D eigenvalue weighted by molar-refractivity contribution is 0.825. The van der Waals surface area contributed by atoms with E-state index >= 15 is 0 Å². The molecule has 1 N–H and O–H groups in total. The summed E-state index contributed by atoms with van der Waals surface area (Å²) in [5.41, 5.74) is 1.95. The quantitative estimate of drug-likeness (QED) is 0.803. The second-order valence-corrected chi connectivity index (χ2v) is 4.99. The number of aromatic nitrogens is 4. The first-order chi connectivity index (χ1) is 10.2. The van der Waals surface area contributed by atoms with Crippen molar-refractivity contribution in [1.82, 2.24) is 19.7 Å². The number of anilines is 1. The zero-order valence-corrected chi connectivity index (χ0v) is 12.2. The van der Waals surface area contributed by atoms with Gasteiger partial charge in [0.15, 0.2) is 5.82 Å². The molecule has 0 spiro atoms. The van der Waals surface area contributed by atoms with Crippen LogP contribution in [0.2, 0.25) is 5.02 Å². The number of hydrogen-bond acceptors (Lipinski definition) is 4. The van der Waals surface area contributed by atoms with Crippen LogP contribution in [-0.2, 0) is 6.54 Å². The van der Waals surface area contributed by atoms with E-state index in [1.165, 1.54) is 0 Å². The van der Waals surface area contributed by atoms with Gasteiger partial charge in [-0.1, -0.05) is 29.8 Å². The summed E-state index contributed by atoms with van der Waals surface area (Å²) in [6.07, 6.45) is 3.57. The van der Waals surface area contributed by atoms with E-state index in [2.05, 4.69) is 20.4 Å². The Morgan fingerprint density at radius 1 is 1.19 bits per heavy atom. The molecule has 0 amide bonds. The van der Waals surface area contributed by atoms with Gasteiger partial charge in [-0.05, 0) is 24.6 Å². The fourth-order valence-electron chi connectivity index (χ4n) is 1.92. The first-order valence-corrected chi connectivity index (χ1v) is 6.93. The van der Waals surface area contributed by atoms with Gasteiger partial charge in [-0.2, -0.15) is 10.1 Å². The van der Waals surface area contributed by atoms with Gasteiger partial charge in [-0.3, -0.25) is 0 Å². The van der Waals surface area contributed by atoms with Crippen LogP contribution >= 0.6 is 11.6 Å². The third kappa shape index (κ3) is 3.20. The largest absolute Gasteiger partial charge is 0.350 e. The highest BCUT2D eigenvalue weighted by atomic mass is 35.5. The lowest BCUT2D eigenvalue weighted by Gasteiger charge is -2.07. The van der Waals surface area contributed by atoms with Gasteiger partial charge in [0.05, 0.1) is 5.69 Å². The van der Waals surface area contributed by atoms with Crippen molar-refractivity contribution in [1.29, 1.82) is 0 Å². The predicted molar refractivity (Wildman–Crippen MR) is 82.7 cm³/mol. The Bertz CT molecular complexity index is 753. The first-order valence-electron chi connectivity index (χ1n) is 6.55. The Balaban J connectivity index is 1.76. The number of halogens is 1. The summed E-state index contributed by atoms with van der Waals surface area (Å²) < 4.78 is 1.72. The fraction of sp³-hybridized carbons (Fsp3) is 0.133. The lowest BCUT2D eigenvalue weighted by atomic mass is 10.2. The van der Waals surface area contributed by atoms with Gasteiger partial charge >= 0.3 is 0 Å². The zero-order chi connectivity index (χ0) is 14.7. The molecule has 6 heteroatoms. The Kier molecular flexibility index (Phi) is 3.83. The van der Waals surface area contributed by atoms with Gasteiger partial charge in [0.25, 0.3) is 0 Å². The molecule has 0 bridgehead atoms. The Morgan fingerprint density at radius 2 is 2.05 bits per heavy atom. The number of hydrogen-bond donors (Lipinski definition) is 1. The second-order valence-electron chi connectivity index (χ2n) is 4.59. The molecule has 106 valence electrons. The van der Waals surface area contributed by atoms with E-state index in [4.69, 9.17) is 11.6 Å². The third-order valence-corrected chi connectivity index (χ3v) is 3.36. The van der Waals surface area contributed by atoms with E-state index in [1.807, 2.05) is 49.5 Å². The van der Waals surface area contributed by atoms with Crippen LogP contribution in [0, 0.1) is 6.92 Å². The Labute approximate surface area is 127 Å². The summed E-state index contributed by atoms with van der Waals surface area (Å²) in [6, 6.07) is 11.4. The highest BCUT2D eigenvalue weighted by Crippen LogP contribution is 2.16. The van der Waals surface area contributed by atoms with Crippen LogP contribution in [0.1, 0.15) is 11.3 Å². The number of aryl methyl sites for hydroxylation is 1. The van der Waals surface area contributed by atoms with Crippen molar-refractivity contribution in [3.63, 3.8) is 0 Å². The molecular weight excluding hydrogens is 286 g/mol. The highest BCUT2D eigenvalue weighted by molar-refractivity contribution is 6.31. The minimum atomic E-state index is 0.542. The van der Waals surface area contributed by atoms with Crippen molar-refractivity contribution < 1.29 is 0 Å². The van der Waals surface area contributed by atoms with Gasteiger partial charge in [-0.15, -0.1) is 0 Å². The van der Waals surface area contributed by atoms with Crippen molar-refractivity contribution >= 4 is 17.5 Å². The van der Waals surface area contributed by atoms with Gasteiger partial charge in [0.1, 0.15) is 0 Å². The maximum Gasteiger partial charge on any atom is 0.224 e. The molecule has 5 nitrogen and oxygen atoms in total. The fourth-order valence-corrected chi connectivity index (χ4v) is 2.12. The van der Waals surface area contributed by atoms with Crippen molar-refractivity contribution in [2.45, 2.75) is 13.5 Å². The average Bonchev–Trinajstić information content (AvgIpc) is 2.93. The monoisotopic (exact) mass is 299 g/mol. The van der Waals surface area contributed by atoms with E-state index in [-0.39, 0.29) is 0 Å². The van der Waals surface area contributed by atoms with Crippen LogP contribution in [0.5, 0.6) is 0 Å². The minimum Gasteiger partial charge on any atom is -0.350 e. The van der Waals surface area contributed by atoms with E-state index in [0.717, 1.165) is 22.1 Å². The molecule has 0 atom stereocenters. The normalized spacial score (nSPS) is 10.6. The summed E-state index contributed by atoms with van der Waals surface area (Å²) in [5.74, 6) is 1.26. The van der Waals surface area contributed by atoms with Crippen LogP contribution in [-0.4, -0.2) is 19.7 Å². The maximum atomic E-state index is 6.13. The molecule has 1 aromatic carbocycles. The first kappa shape index (κ1) is 13.6. The zero-order valence-electron chi connectivity index (χ0n) is 11.5. The second kappa shape index (κ2) is 5.93. The van der Waals surface area contributed by atoms with E-state index in [0.29, 0.717) is 12.5 Å². The van der Waals surface area contributed by atoms with Gasteiger partial charge in [0, 0.05) is 30.0 Å². The Hall–Kier alpha value is -2.40. The van der Waals surface area contributed by atoms with Crippen LogP contribution in [0.15, 0.2) is 48.8 Å².